The van der Waals surface area contributed by atoms with Crippen LogP contribution < -0.4 is 10.1 Å². The molecular formula is C14H15NO2S. The Hall–Kier alpha value is -1.81. The third-order valence-electron chi connectivity index (χ3n) is 2.43. The summed E-state index contributed by atoms with van der Waals surface area (Å²) in [7, 11) is 0. The van der Waals surface area contributed by atoms with Crippen LogP contribution in [0.2, 0.25) is 0 Å². The van der Waals surface area contributed by atoms with E-state index < -0.39 is 0 Å². The van der Waals surface area contributed by atoms with Crippen molar-refractivity contribution < 1.29 is 9.53 Å². The average Bonchev–Trinajstić information content (AvgIpc) is 2.88. The zero-order valence-electron chi connectivity index (χ0n) is 10.2. The van der Waals surface area contributed by atoms with E-state index in [0.29, 0.717) is 18.7 Å². The third kappa shape index (κ3) is 3.60. The molecule has 94 valence electrons. The van der Waals surface area contributed by atoms with Gasteiger partial charge in [-0.15, -0.1) is 0 Å². The van der Waals surface area contributed by atoms with Crippen molar-refractivity contribution in [2.75, 3.05) is 13.2 Å². The van der Waals surface area contributed by atoms with Gasteiger partial charge in [0.15, 0.2) is 0 Å². The molecule has 18 heavy (non-hydrogen) atoms. The molecule has 0 atom stereocenters. The molecule has 0 saturated heterocycles. The van der Waals surface area contributed by atoms with Crippen LogP contribution in [0.3, 0.4) is 0 Å². The van der Waals surface area contributed by atoms with Crippen molar-refractivity contribution in [3.05, 3.63) is 52.2 Å². The van der Waals surface area contributed by atoms with Crippen molar-refractivity contribution in [2.24, 2.45) is 0 Å². The van der Waals surface area contributed by atoms with Gasteiger partial charge in [0, 0.05) is 10.9 Å². The zero-order chi connectivity index (χ0) is 12.8. The third-order valence-corrected chi connectivity index (χ3v) is 3.11. The first-order valence-electron chi connectivity index (χ1n) is 5.75. The predicted octanol–water partition coefficient (Wildman–Crippen LogP) is 2.87. The van der Waals surface area contributed by atoms with Gasteiger partial charge in [-0.25, -0.2) is 0 Å². The molecule has 0 bridgehead atoms. The van der Waals surface area contributed by atoms with Crippen LogP contribution in [0.25, 0.3) is 0 Å². The van der Waals surface area contributed by atoms with Crippen molar-refractivity contribution in [1.29, 1.82) is 0 Å². The Morgan fingerprint density at radius 3 is 3.00 bits per heavy atom. The van der Waals surface area contributed by atoms with Gasteiger partial charge in [-0.05, 0) is 36.1 Å². The van der Waals surface area contributed by atoms with E-state index >= 15 is 0 Å². The molecule has 4 heteroatoms. The summed E-state index contributed by atoms with van der Waals surface area (Å²) < 4.78 is 5.54. The first kappa shape index (κ1) is 12.6. The molecule has 0 aliphatic rings. The van der Waals surface area contributed by atoms with E-state index in [0.717, 1.165) is 11.3 Å². The fourth-order valence-electron chi connectivity index (χ4n) is 1.53. The van der Waals surface area contributed by atoms with E-state index in [1.807, 2.05) is 41.9 Å². The Morgan fingerprint density at radius 2 is 2.28 bits per heavy atom. The standard InChI is InChI=1S/C14H15NO2S/c1-11-3-2-4-13(9-11)17-7-6-15-14(16)12-5-8-18-10-12/h2-5,8-10H,6-7H2,1H3,(H,15,16). The normalized spacial score (nSPS) is 10.1. The van der Waals surface area contributed by atoms with Crippen LogP contribution in [0, 0.1) is 6.92 Å². The van der Waals surface area contributed by atoms with Crippen molar-refractivity contribution in [3.63, 3.8) is 0 Å². The second kappa shape index (κ2) is 6.21. The minimum absolute atomic E-state index is 0.0518. The highest BCUT2D eigenvalue weighted by Gasteiger charge is 2.04. The van der Waals surface area contributed by atoms with Crippen LogP contribution in [-0.2, 0) is 0 Å². The van der Waals surface area contributed by atoms with Crippen molar-refractivity contribution in [1.82, 2.24) is 5.32 Å². The molecule has 0 aliphatic carbocycles. The van der Waals surface area contributed by atoms with Crippen LogP contribution in [0.1, 0.15) is 15.9 Å². The number of hydrogen-bond donors (Lipinski definition) is 1. The van der Waals surface area contributed by atoms with Gasteiger partial charge in [0.05, 0.1) is 6.54 Å². The molecule has 2 rings (SSSR count). The summed E-state index contributed by atoms with van der Waals surface area (Å²) in [6, 6.07) is 9.66. The monoisotopic (exact) mass is 261 g/mol. The van der Waals surface area contributed by atoms with Crippen molar-refractivity contribution in [2.45, 2.75) is 6.92 Å². The van der Waals surface area contributed by atoms with Crippen LogP contribution >= 0.6 is 11.3 Å². The molecule has 1 aromatic heterocycles. The van der Waals surface area contributed by atoms with Gasteiger partial charge >= 0.3 is 0 Å². The fourth-order valence-corrected chi connectivity index (χ4v) is 2.17. The fraction of sp³-hybridized carbons (Fsp3) is 0.214. The maximum atomic E-state index is 11.6. The number of carbonyl (C=O) groups excluding carboxylic acids is 1. The van der Waals surface area contributed by atoms with Gasteiger partial charge in [0.2, 0.25) is 0 Å². The van der Waals surface area contributed by atoms with E-state index in [1.54, 1.807) is 6.07 Å². The van der Waals surface area contributed by atoms with Crippen LogP contribution in [0.15, 0.2) is 41.1 Å². The molecule has 1 N–H and O–H groups in total. The number of thiophene rings is 1. The van der Waals surface area contributed by atoms with Crippen LogP contribution in [-0.4, -0.2) is 19.1 Å². The first-order valence-corrected chi connectivity index (χ1v) is 6.70. The molecule has 1 amide bonds. The largest absolute Gasteiger partial charge is 0.492 e. The van der Waals surface area contributed by atoms with Crippen molar-refractivity contribution in [3.8, 4) is 5.75 Å². The summed E-state index contributed by atoms with van der Waals surface area (Å²) in [6.07, 6.45) is 0. The van der Waals surface area contributed by atoms with Gasteiger partial charge in [-0.3, -0.25) is 4.79 Å². The van der Waals surface area contributed by atoms with E-state index in [-0.39, 0.29) is 5.91 Å². The zero-order valence-corrected chi connectivity index (χ0v) is 11.0. The summed E-state index contributed by atoms with van der Waals surface area (Å²) >= 11 is 1.51. The number of nitrogens with one attached hydrogen (secondary N) is 1. The number of carbonyl (C=O) groups is 1. The summed E-state index contributed by atoms with van der Waals surface area (Å²) in [5.41, 5.74) is 1.87. The lowest BCUT2D eigenvalue weighted by molar-refractivity contribution is 0.0947. The molecule has 2 aromatic rings. The van der Waals surface area contributed by atoms with E-state index in [4.69, 9.17) is 4.74 Å². The minimum Gasteiger partial charge on any atom is -0.492 e. The maximum absolute atomic E-state index is 11.6. The maximum Gasteiger partial charge on any atom is 0.252 e. The number of benzene rings is 1. The van der Waals surface area contributed by atoms with E-state index in [2.05, 4.69) is 5.32 Å². The minimum atomic E-state index is -0.0518. The van der Waals surface area contributed by atoms with Gasteiger partial charge in [-0.1, -0.05) is 12.1 Å². The molecular weight excluding hydrogens is 246 g/mol. The smallest absolute Gasteiger partial charge is 0.252 e. The molecule has 0 radical (unpaired) electrons. The Kier molecular flexibility index (Phi) is 4.36. The summed E-state index contributed by atoms with van der Waals surface area (Å²) in [4.78, 5) is 11.6. The lowest BCUT2D eigenvalue weighted by atomic mass is 10.2. The SMILES string of the molecule is Cc1cccc(OCCNC(=O)c2ccsc2)c1. The highest BCUT2D eigenvalue weighted by Crippen LogP contribution is 2.11. The highest BCUT2D eigenvalue weighted by atomic mass is 32.1. The second-order valence-corrected chi connectivity index (χ2v) is 4.71. The van der Waals surface area contributed by atoms with Gasteiger partial charge in [0.1, 0.15) is 12.4 Å². The number of aryl methyl sites for hydroxylation is 1. The number of ether oxygens (including phenoxy) is 1. The lowest BCUT2D eigenvalue weighted by Crippen LogP contribution is -2.27. The molecule has 0 fully saturated rings. The first-order chi connectivity index (χ1) is 8.75. The van der Waals surface area contributed by atoms with E-state index in [9.17, 15) is 4.79 Å². The van der Waals surface area contributed by atoms with Crippen molar-refractivity contribution >= 4 is 17.2 Å². The molecule has 0 unspecified atom stereocenters. The van der Waals surface area contributed by atoms with E-state index in [1.165, 1.54) is 11.3 Å². The Labute approximate surface area is 110 Å². The number of amides is 1. The molecule has 0 spiro atoms. The Bertz CT molecular complexity index is 508. The molecule has 0 saturated carbocycles. The molecule has 0 aliphatic heterocycles. The summed E-state index contributed by atoms with van der Waals surface area (Å²) in [5.74, 6) is 0.781. The Balaban J connectivity index is 1.72. The molecule has 1 heterocycles. The van der Waals surface area contributed by atoms with Crippen LogP contribution in [0.5, 0.6) is 5.75 Å². The predicted molar refractivity (Wildman–Crippen MR) is 73.3 cm³/mol. The topological polar surface area (TPSA) is 38.3 Å². The molecule has 3 nitrogen and oxygen atoms in total. The van der Waals surface area contributed by atoms with Gasteiger partial charge in [-0.2, -0.15) is 11.3 Å². The van der Waals surface area contributed by atoms with Crippen LogP contribution in [0.4, 0.5) is 0 Å². The number of rotatable bonds is 5. The molecule has 1 aromatic carbocycles. The number of hydrogen-bond acceptors (Lipinski definition) is 3. The van der Waals surface area contributed by atoms with Gasteiger partial charge < -0.3 is 10.1 Å². The summed E-state index contributed by atoms with van der Waals surface area (Å²) in [5, 5.41) is 6.53. The Morgan fingerprint density at radius 1 is 1.39 bits per heavy atom. The average molecular weight is 261 g/mol. The highest BCUT2D eigenvalue weighted by molar-refractivity contribution is 7.08. The second-order valence-electron chi connectivity index (χ2n) is 3.93. The summed E-state index contributed by atoms with van der Waals surface area (Å²) in [6.45, 7) is 2.99. The lowest BCUT2D eigenvalue weighted by Gasteiger charge is -2.07. The van der Waals surface area contributed by atoms with Gasteiger partial charge in [0.25, 0.3) is 5.91 Å². The quantitative estimate of drug-likeness (QED) is 0.840.